The molecule has 0 aliphatic carbocycles. The first-order valence-corrected chi connectivity index (χ1v) is 8.53. The van der Waals surface area contributed by atoms with Crippen molar-refractivity contribution in [1.82, 2.24) is 15.3 Å². The van der Waals surface area contributed by atoms with Gasteiger partial charge in [-0.3, -0.25) is 9.59 Å². The minimum absolute atomic E-state index is 0.0487. The molecule has 0 spiro atoms. The third kappa shape index (κ3) is 4.58. The highest BCUT2D eigenvalue weighted by molar-refractivity contribution is 5.76. The molecule has 0 saturated carbocycles. The van der Waals surface area contributed by atoms with Crippen molar-refractivity contribution in [2.75, 3.05) is 13.2 Å². The van der Waals surface area contributed by atoms with E-state index in [1.807, 2.05) is 24.3 Å². The highest BCUT2D eigenvalue weighted by Gasteiger charge is 2.13. The summed E-state index contributed by atoms with van der Waals surface area (Å²) in [5.41, 5.74) is 1.44. The largest absolute Gasteiger partial charge is 0.469 e. The van der Waals surface area contributed by atoms with Crippen LogP contribution in [0.3, 0.4) is 0 Å². The lowest BCUT2D eigenvalue weighted by molar-refractivity contribution is -0.121. The van der Waals surface area contributed by atoms with Crippen molar-refractivity contribution in [3.63, 3.8) is 0 Å². The molecule has 0 radical (unpaired) electrons. The van der Waals surface area contributed by atoms with Crippen LogP contribution in [0.2, 0.25) is 0 Å². The first-order chi connectivity index (χ1) is 12.7. The number of aromatic amines is 1. The number of nitrogens with zero attached hydrogens (tertiary/aromatic N) is 1. The molecule has 3 N–H and O–H groups in total. The van der Waals surface area contributed by atoms with Gasteiger partial charge in [0.25, 0.3) is 5.56 Å². The fraction of sp³-hybridized carbons (Fsp3) is 0.316. The van der Waals surface area contributed by atoms with E-state index in [1.165, 1.54) is 0 Å². The quantitative estimate of drug-likeness (QED) is 0.566. The number of hydrogen-bond donors (Lipinski definition) is 3. The van der Waals surface area contributed by atoms with Crippen molar-refractivity contribution in [3.05, 3.63) is 64.5 Å². The number of H-pyrrole nitrogens is 1. The van der Waals surface area contributed by atoms with Crippen LogP contribution < -0.4 is 10.9 Å². The lowest BCUT2D eigenvalue weighted by Gasteiger charge is -2.13. The van der Waals surface area contributed by atoms with Crippen LogP contribution >= 0.6 is 0 Å². The molecule has 1 atom stereocenters. The zero-order valence-electron chi connectivity index (χ0n) is 14.3. The molecule has 2 aromatic heterocycles. The third-order valence-corrected chi connectivity index (χ3v) is 4.17. The number of aryl methyl sites for hydroxylation is 1. The smallest absolute Gasteiger partial charge is 0.270 e. The van der Waals surface area contributed by atoms with Crippen LogP contribution in [0, 0.1) is 5.92 Å². The lowest BCUT2D eigenvalue weighted by Crippen LogP contribution is -2.32. The molecule has 1 aromatic carbocycles. The molecule has 0 bridgehead atoms. The number of aromatic nitrogens is 2. The Hall–Kier alpha value is -2.93. The number of amides is 1. The van der Waals surface area contributed by atoms with Gasteiger partial charge in [-0.05, 0) is 24.3 Å². The Morgan fingerprint density at radius 2 is 2.12 bits per heavy atom. The maximum absolute atomic E-state index is 12.1. The SMILES string of the molecule is O=C(CCc1nc2ccccc2[nH]c1=O)NCC(CO)Cc1ccco1. The number of fused-ring (bicyclic) bond motifs is 1. The number of rotatable bonds is 8. The average molecular weight is 355 g/mol. The summed E-state index contributed by atoms with van der Waals surface area (Å²) in [4.78, 5) is 31.2. The Balaban J connectivity index is 1.52. The van der Waals surface area contributed by atoms with Crippen LogP contribution in [-0.4, -0.2) is 34.1 Å². The van der Waals surface area contributed by atoms with Gasteiger partial charge in [0.2, 0.25) is 5.91 Å². The molecule has 136 valence electrons. The monoisotopic (exact) mass is 355 g/mol. The van der Waals surface area contributed by atoms with Crippen LogP contribution in [0.15, 0.2) is 51.9 Å². The molecule has 0 aliphatic heterocycles. The number of carbonyl (C=O) groups excluding carboxylic acids is 1. The van der Waals surface area contributed by atoms with E-state index in [0.29, 0.717) is 29.7 Å². The van der Waals surface area contributed by atoms with Gasteiger partial charge < -0.3 is 19.8 Å². The molecule has 0 aliphatic rings. The fourth-order valence-electron chi connectivity index (χ4n) is 2.73. The lowest BCUT2D eigenvalue weighted by atomic mass is 10.0. The van der Waals surface area contributed by atoms with Crippen molar-refractivity contribution in [3.8, 4) is 0 Å². The van der Waals surface area contributed by atoms with Gasteiger partial charge in [0.1, 0.15) is 11.5 Å². The summed E-state index contributed by atoms with van der Waals surface area (Å²) in [6.45, 7) is 0.296. The van der Waals surface area contributed by atoms with Gasteiger partial charge >= 0.3 is 0 Å². The number of hydrogen-bond acceptors (Lipinski definition) is 5. The van der Waals surface area contributed by atoms with Crippen molar-refractivity contribution in [2.45, 2.75) is 19.3 Å². The summed E-state index contributed by atoms with van der Waals surface area (Å²) >= 11 is 0. The number of nitrogens with one attached hydrogen (secondary N) is 2. The van der Waals surface area contributed by atoms with E-state index < -0.39 is 0 Å². The molecular weight excluding hydrogens is 334 g/mol. The van der Waals surface area contributed by atoms with Crippen LogP contribution in [0.1, 0.15) is 17.9 Å². The van der Waals surface area contributed by atoms with E-state index in [9.17, 15) is 14.7 Å². The maximum Gasteiger partial charge on any atom is 0.270 e. The van der Waals surface area contributed by atoms with Gasteiger partial charge in [0.15, 0.2) is 0 Å². The molecule has 3 rings (SSSR count). The second-order valence-electron chi connectivity index (χ2n) is 6.17. The minimum atomic E-state index is -0.275. The molecule has 0 saturated heterocycles. The van der Waals surface area contributed by atoms with Crippen molar-refractivity contribution >= 4 is 16.9 Å². The van der Waals surface area contributed by atoms with E-state index in [0.717, 1.165) is 5.76 Å². The van der Waals surface area contributed by atoms with Gasteiger partial charge in [-0.1, -0.05) is 12.1 Å². The Morgan fingerprint density at radius 1 is 1.27 bits per heavy atom. The van der Waals surface area contributed by atoms with Gasteiger partial charge in [-0.2, -0.15) is 0 Å². The van der Waals surface area contributed by atoms with Crippen LogP contribution in [0.5, 0.6) is 0 Å². The summed E-state index contributed by atoms with van der Waals surface area (Å²) in [6, 6.07) is 10.9. The average Bonchev–Trinajstić information content (AvgIpc) is 3.16. The maximum atomic E-state index is 12.1. The van der Waals surface area contributed by atoms with E-state index in [-0.39, 0.29) is 36.8 Å². The van der Waals surface area contributed by atoms with Gasteiger partial charge in [-0.15, -0.1) is 0 Å². The van der Waals surface area contributed by atoms with Crippen LogP contribution in [-0.2, 0) is 17.6 Å². The van der Waals surface area contributed by atoms with E-state index >= 15 is 0 Å². The minimum Gasteiger partial charge on any atom is -0.469 e. The highest BCUT2D eigenvalue weighted by Crippen LogP contribution is 2.09. The van der Waals surface area contributed by atoms with Crippen LogP contribution in [0.25, 0.3) is 11.0 Å². The Kier molecular flexibility index (Phi) is 5.80. The van der Waals surface area contributed by atoms with Crippen LogP contribution in [0.4, 0.5) is 0 Å². The van der Waals surface area contributed by atoms with E-state index in [2.05, 4.69) is 15.3 Å². The van der Waals surface area contributed by atoms with Gasteiger partial charge in [0, 0.05) is 38.3 Å². The summed E-state index contributed by atoms with van der Waals surface area (Å²) in [6.07, 6.45) is 2.55. The molecule has 3 aromatic rings. The summed E-state index contributed by atoms with van der Waals surface area (Å²) in [5.74, 6) is 0.467. The second kappa shape index (κ2) is 8.44. The molecule has 2 heterocycles. The third-order valence-electron chi connectivity index (χ3n) is 4.17. The first-order valence-electron chi connectivity index (χ1n) is 8.53. The van der Waals surface area contributed by atoms with Crippen molar-refractivity contribution in [2.24, 2.45) is 5.92 Å². The molecule has 26 heavy (non-hydrogen) atoms. The zero-order valence-corrected chi connectivity index (χ0v) is 14.3. The Morgan fingerprint density at radius 3 is 2.88 bits per heavy atom. The number of carbonyl (C=O) groups is 1. The number of furan rings is 1. The molecule has 7 nitrogen and oxygen atoms in total. The van der Waals surface area contributed by atoms with Gasteiger partial charge in [-0.25, -0.2) is 4.98 Å². The highest BCUT2D eigenvalue weighted by atomic mass is 16.3. The number of benzene rings is 1. The molecule has 1 amide bonds. The van der Waals surface area contributed by atoms with Crippen molar-refractivity contribution < 1.29 is 14.3 Å². The number of aliphatic hydroxyl groups is 1. The molecule has 7 heteroatoms. The Bertz CT molecular complexity index is 918. The standard InChI is InChI=1S/C19H21N3O4/c23-12-13(10-14-4-3-9-26-14)11-20-18(24)8-7-17-19(25)22-16-6-2-1-5-15(16)21-17/h1-6,9,13,23H,7-8,10-12H2,(H,20,24)(H,22,25). The van der Waals surface area contributed by atoms with E-state index in [4.69, 9.17) is 4.42 Å². The predicted octanol–water partition coefficient (Wildman–Crippen LogP) is 1.42. The second-order valence-corrected chi connectivity index (χ2v) is 6.17. The zero-order chi connectivity index (χ0) is 18.4. The summed E-state index contributed by atoms with van der Waals surface area (Å²) < 4.78 is 5.26. The summed E-state index contributed by atoms with van der Waals surface area (Å²) in [7, 11) is 0. The summed E-state index contributed by atoms with van der Waals surface area (Å²) in [5, 5.41) is 12.2. The Labute approximate surface area is 150 Å². The molecule has 0 fully saturated rings. The number of aliphatic hydroxyl groups excluding tert-OH is 1. The molecular formula is C19H21N3O4. The normalized spacial score (nSPS) is 12.2. The van der Waals surface area contributed by atoms with E-state index in [1.54, 1.807) is 18.4 Å². The topological polar surface area (TPSA) is 108 Å². The predicted molar refractivity (Wildman–Crippen MR) is 96.7 cm³/mol. The number of para-hydroxylation sites is 2. The first kappa shape index (κ1) is 17.9. The molecule has 1 unspecified atom stereocenters. The van der Waals surface area contributed by atoms with Gasteiger partial charge in [0.05, 0.1) is 17.3 Å². The van der Waals surface area contributed by atoms with Crippen molar-refractivity contribution in [1.29, 1.82) is 0 Å². The fourth-order valence-corrected chi connectivity index (χ4v) is 2.73.